The van der Waals surface area contributed by atoms with Gasteiger partial charge < -0.3 is 5.32 Å². The molecule has 0 saturated carbocycles. The monoisotopic (exact) mass is 304 g/mol. The van der Waals surface area contributed by atoms with Crippen molar-refractivity contribution in [3.63, 3.8) is 0 Å². The summed E-state index contributed by atoms with van der Waals surface area (Å²) in [6, 6.07) is 2.09. The molecule has 1 aromatic heterocycles. The standard InChI is InChI=1S/C15H17ClN4O/c1-2-3-11-4-5-13(8-14(11)21)19-15-12(9-17)10-18-20(15)7-6-16/h2,8,10-11,19H,1,3-7H2. The lowest BCUT2D eigenvalue weighted by atomic mass is 9.88. The third kappa shape index (κ3) is 3.53. The number of aromatic nitrogens is 2. The molecule has 1 atom stereocenters. The van der Waals surface area contributed by atoms with E-state index in [1.54, 1.807) is 16.8 Å². The fourth-order valence-electron chi connectivity index (χ4n) is 2.37. The molecule has 1 heterocycles. The molecule has 1 N–H and O–H groups in total. The first-order valence-electron chi connectivity index (χ1n) is 6.83. The predicted molar refractivity (Wildman–Crippen MR) is 81.9 cm³/mol. The molecule has 1 aliphatic rings. The largest absolute Gasteiger partial charge is 0.343 e. The van der Waals surface area contributed by atoms with Gasteiger partial charge in [-0.05, 0) is 19.3 Å². The Morgan fingerprint density at radius 2 is 2.48 bits per heavy atom. The molecule has 0 bridgehead atoms. The van der Waals surface area contributed by atoms with Gasteiger partial charge in [-0.3, -0.25) is 4.79 Å². The molecule has 0 aromatic carbocycles. The van der Waals surface area contributed by atoms with E-state index >= 15 is 0 Å². The summed E-state index contributed by atoms with van der Waals surface area (Å²) < 4.78 is 1.65. The van der Waals surface area contributed by atoms with Gasteiger partial charge in [-0.25, -0.2) is 4.68 Å². The number of aryl methyl sites for hydroxylation is 1. The Morgan fingerprint density at radius 3 is 3.10 bits per heavy atom. The van der Waals surface area contributed by atoms with Crippen LogP contribution in [0.5, 0.6) is 0 Å². The van der Waals surface area contributed by atoms with Crippen molar-refractivity contribution in [1.29, 1.82) is 5.26 Å². The Kier molecular flexibility index (Phi) is 5.18. The van der Waals surface area contributed by atoms with Crippen LogP contribution in [0.4, 0.5) is 5.82 Å². The van der Waals surface area contributed by atoms with Crippen molar-refractivity contribution < 1.29 is 4.79 Å². The molecule has 0 radical (unpaired) electrons. The van der Waals surface area contributed by atoms with Crippen LogP contribution in [0.15, 0.2) is 30.6 Å². The van der Waals surface area contributed by atoms with Crippen LogP contribution in [-0.4, -0.2) is 21.4 Å². The predicted octanol–water partition coefficient (Wildman–Crippen LogP) is 2.84. The molecule has 21 heavy (non-hydrogen) atoms. The molecule has 0 saturated heterocycles. The minimum atomic E-state index is 0.0243. The number of hydrogen-bond acceptors (Lipinski definition) is 4. The van der Waals surface area contributed by atoms with Gasteiger partial charge in [-0.15, -0.1) is 18.2 Å². The van der Waals surface area contributed by atoms with Gasteiger partial charge >= 0.3 is 0 Å². The van der Waals surface area contributed by atoms with Crippen molar-refractivity contribution in [2.24, 2.45) is 5.92 Å². The van der Waals surface area contributed by atoms with E-state index in [2.05, 4.69) is 23.1 Å². The van der Waals surface area contributed by atoms with Crippen molar-refractivity contribution in [2.45, 2.75) is 25.8 Å². The van der Waals surface area contributed by atoms with E-state index in [0.29, 0.717) is 30.2 Å². The smallest absolute Gasteiger partial charge is 0.160 e. The zero-order valence-corrected chi connectivity index (χ0v) is 12.4. The van der Waals surface area contributed by atoms with Crippen molar-refractivity contribution in [2.75, 3.05) is 11.2 Å². The summed E-state index contributed by atoms with van der Waals surface area (Å²) in [7, 11) is 0. The van der Waals surface area contributed by atoms with Gasteiger partial charge in [-0.1, -0.05) is 6.08 Å². The molecular weight excluding hydrogens is 288 g/mol. The highest BCUT2D eigenvalue weighted by atomic mass is 35.5. The van der Waals surface area contributed by atoms with Gasteiger partial charge in [0.2, 0.25) is 0 Å². The van der Waals surface area contributed by atoms with Crippen LogP contribution in [0.3, 0.4) is 0 Å². The number of carbonyl (C=O) groups excluding carboxylic acids is 1. The first-order chi connectivity index (χ1) is 10.2. The van der Waals surface area contributed by atoms with E-state index in [1.807, 2.05) is 0 Å². The molecule has 0 spiro atoms. The minimum absolute atomic E-state index is 0.0243. The number of carbonyl (C=O) groups is 1. The van der Waals surface area contributed by atoms with Gasteiger partial charge in [0.25, 0.3) is 0 Å². The Balaban J connectivity index is 2.17. The molecule has 0 aliphatic heterocycles. The van der Waals surface area contributed by atoms with Gasteiger partial charge in [-0.2, -0.15) is 10.4 Å². The maximum absolute atomic E-state index is 12.0. The van der Waals surface area contributed by atoms with Gasteiger partial charge in [0.15, 0.2) is 5.78 Å². The minimum Gasteiger partial charge on any atom is -0.343 e. The van der Waals surface area contributed by atoms with E-state index in [-0.39, 0.29) is 11.7 Å². The third-order valence-corrected chi connectivity index (χ3v) is 3.64. The molecule has 2 rings (SSSR count). The summed E-state index contributed by atoms with van der Waals surface area (Å²) in [6.07, 6.45) is 7.16. The summed E-state index contributed by atoms with van der Waals surface area (Å²) >= 11 is 5.73. The zero-order chi connectivity index (χ0) is 15.2. The highest BCUT2D eigenvalue weighted by Gasteiger charge is 2.22. The number of alkyl halides is 1. The number of hydrogen-bond donors (Lipinski definition) is 1. The maximum Gasteiger partial charge on any atom is 0.160 e. The molecule has 0 fully saturated rings. The van der Waals surface area contributed by atoms with Crippen LogP contribution >= 0.6 is 11.6 Å². The molecular formula is C15H17ClN4O. The Morgan fingerprint density at radius 1 is 1.67 bits per heavy atom. The molecule has 110 valence electrons. The maximum atomic E-state index is 12.0. The molecule has 6 heteroatoms. The topological polar surface area (TPSA) is 70.7 Å². The normalized spacial score (nSPS) is 18.0. The van der Waals surface area contributed by atoms with Crippen LogP contribution in [0.1, 0.15) is 24.8 Å². The van der Waals surface area contributed by atoms with Gasteiger partial charge in [0.05, 0.1) is 12.7 Å². The number of anilines is 1. The number of allylic oxidation sites excluding steroid dienone is 3. The molecule has 5 nitrogen and oxygen atoms in total. The van der Waals surface area contributed by atoms with Gasteiger partial charge in [0.1, 0.15) is 17.5 Å². The van der Waals surface area contributed by atoms with E-state index in [9.17, 15) is 4.79 Å². The fourth-order valence-corrected chi connectivity index (χ4v) is 2.53. The Labute approximate surface area is 128 Å². The van der Waals surface area contributed by atoms with Crippen molar-refractivity contribution in [3.05, 3.63) is 36.2 Å². The number of rotatable bonds is 6. The number of halogens is 1. The third-order valence-electron chi connectivity index (χ3n) is 3.47. The second-order valence-electron chi connectivity index (χ2n) is 4.89. The van der Waals surface area contributed by atoms with E-state index in [4.69, 9.17) is 16.9 Å². The lowest BCUT2D eigenvalue weighted by Gasteiger charge is -2.21. The van der Waals surface area contributed by atoms with Crippen molar-refractivity contribution in [3.8, 4) is 6.07 Å². The fraction of sp³-hybridized carbons (Fsp3) is 0.400. The van der Waals surface area contributed by atoms with Crippen LogP contribution in [-0.2, 0) is 11.3 Å². The van der Waals surface area contributed by atoms with Gasteiger partial charge in [0, 0.05) is 23.6 Å². The SMILES string of the molecule is C=CCC1CCC(Nc2c(C#N)cnn2CCCl)=CC1=O. The first kappa shape index (κ1) is 15.3. The van der Waals surface area contributed by atoms with Crippen molar-refractivity contribution >= 4 is 23.2 Å². The van der Waals surface area contributed by atoms with E-state index < -0.39 is 0 Å². The lowest BCUT2D eigenvalue weighted by molar-refractivity contribution is -0.118. The number of nitrogens with one attached hydrogen (secondary N) is 1. The van der Waals surface area contributed by atoms with Crippen LogP contribution < -0.4 is 5.32 Å². The highest BCUT2D eigenvalue weighted by molar-refractivity contribution is 6.17. The summed E-state index contributed by atoms with van der Waals surface area (Å²) in [5.74, 6) is 1.13. The number of ketones is 1. The summed E-state index contributed by atoms with van der Waals surface area (Å²) in [5.41, 5.74) is 1.26. The van der Waals surface area contributed by atoms with E-state index in [1.165, 1.54) is 6.20 Å². The zero-order valence-electron chi connectivity index (χ0n) is 11.7. The number of nitriles is 1. The molecule has 1 aliphatic carbocycles. The average Bonchev–Trinajstić information content (AvgIpc) is 2.85. The first-order valence-corrected chi connectivity index (χ1v) is 7.37. The number of nitrogens with zero attached hydrogens (tertiary/aromatic N) is 3. The average molecular weight is 305 g/mol. The second kappa shape index (κ2) is 7.09. The molecule has 0 amide bonds. The summed E-state index contributed by atoms with van der Waals surface area (Å²) in [5, 5.41) is 16.4. The Bertz CT molecular complexity index is 612. The molecule has 1 unspecified atom stereocenters. The molecule has 1 aromatic rings. The summed E-state index contributed by atoms with van der Waals surface area (Å²) in [6.45, 7) is 4.18. The van der Waals surface area contributed by atoms with Crippen molar-refractivity contribution in [1.82, 2.24) is 9.78 Å². The van der Waals surface area contributed by atoms with Crippen LogP contribution in [0, 0.1) is 17.2 Å². The van der Waals surface area contributed by atoms with E-state index in [0.717, 1.165) is 18.5 Å². The Hall–Kier alpha value is -2.06. The van der Waals surface area contributed by atoms with Crippen LogP contribution in [0.2, 0.25) is 0 Å². The van der Waals surface area contributed by atoms with Crippen LogP contribution in [0.25, 0.3) is 0 Å². The second-order valence-corrected chi connectivity index (χ2v) is 5.27. The summed E-state index contributed by atoms with van der Waals surface area (Å²) in [4.78, 5) is 12.0. The quantitative estimate of drug-likeness (QED) is 0.648. The highest BCUT2D eigenvalue weighted by Crippen LogP contribution is 2.26. The lowest BCUT2D eigenvalue weighted by Crippen LogP contribution is -2.20.